The maximum absolute atomic E-state index is 10.9. The molecule has 1 N–H and O–H groups in total. The third-order valence-corrected chi connectivity index (χ3v) is 11.2. The number of aliphatic hydroxyl groups excluding tert-OH is 1. The van der Waals surface area contributed by atoms with Crippen molar-refractivity contribution in [1.29, 1.82) is 0 Å². The van der Waals surface area contributed by atoms with Crippen molar-refractivity contribution in [3.63, 3.8) is 0 Å². The van der Waals surface area contributed by atoms with Gasteiger partial charge in [-0.3, -0.25) is 4.79 Å². The molecular weight excluding hydrogens is 432 g/mol. The molecule has 5 nitrogen and oxygen atoms in total. The SMILES string of the molecule is CC(=O)OC/C=C/[C@H]1C[C@@H](O)[C@H](CCO[Si](c2ccccc2)(c2ccccc2)C(C)(C)C)O1. The van der Waals surface area contributed by atoms with Crippen molar-refractivity contribution >= 4 is 24.7 Å². The van der Waals surface area contributed by atoms with Gasteiger partial charge in [0, 0.05) is 20.0 Å². The van der Waals surface area contributed by atoms with E-state index in [0.717, 1.165) is 0 Å². The van der Waals surface area contributed by atoms with Crippen LogP contribution in [0.1, 0.15) is 40.5 Å². The third kappa shape index (κ3) is 6.21. The molecule has 0 aliphatic carbocycles. The van der Waals surface area contributed by atoms with Gasteiger partial charge in [0.1, 0.15) is 6.61 Å². The molecule has 0 saturated carbocycles. The van der Waals surface area contributed by atoms with Crippen molar-refractivity contribution < 1.29 is 23.8 Å². The smallest absolute Gasteiger partial charge is 0.302 e. The first-order valence-corrected chi connectivity index (χ1v) is 13.5. The van der Waals surface area contributed by atoms with Gasteiger partial charge in [-0.05, 0) is 27.9 Å². The van der Waals surface area contributed by atoms with Crippen LogP contribution in [0.2, 0.25) is 5.04 Å². The van der Waals surface area contributed by atoms with Gasteiger partial charge in [0.25, 0.3) is 8.32 Å². The molecule has 2 aromatic rings. The molecule has 33 heavy (non-hydrogen) atoms. The molecular formula is C27H36O5Si. The van der Waals surface area contributed by atoms with Crippen LogP contribution in [-0.2, 0) is 18.7 Å². The molecule has 0 amide bonds. The summed E-state index contributed by atoms with van der Waals surface area (Å²) < 4.78 is 17.9. The van der Waals surface area contributed by atoms with Gasteiger partial charge < -0.3 is 19.0 Å². The van der Waals surface area contributed by atoms with E-state index < -0.39 is 14.4 Å². The Kier molecular flexibility index (Phi) is 8.65. The van der Waals surface area contributed by atoms with Gasteiger partial charge in [-0.25, -0.2) is 0 Å². The Labute approximate surface area is 198 Å². The Hall–Kier alpha value is -2.25. The maximum Gasteiger partial charge on any atom is 0.302 e. The minimum atomic E-state index is -2.60. The molecule has 1 heterocycles. The molecule has 0 bridgehead atoms. The fourth-order valence-electron chi connectivity index (χ4n) is 4.61. The summed E-state index contributed by atoms with van der Waals surface area (Å²) in [6.45, 7) is 8.86. The van der Waals surface area contributed by atoms with Crippen molar-refractivity contribution in [2.45, 2.75) is 63.9 Å². The summed E-state index contributed by atoms with van der Waals surface area (Å²) in [7, 11) is -2.60. The van der Waals surface area contributed by atoms with Gasteiger partial charge in [-0.1, -0.05) is 87.5 Å². The molecule has 0 radical (unpaired) electrons. The van der Waals surface area contributed by atoms with E-state index in [1.54, 1.807) is 6.08 Å². The molecule has 1 aliphatic heterocycles. The van der Waals surface area contributed by atoms with Crippen LogP contribution in [0.15, 0.2) is 72.8 Å². The van der Waals surface area contributed by atoms with Gasteiger partial charge in [0.05, 0.1) is 18.3 Å². The number of esters is 1. The van der Waals surface area contributed by atoms with Gasteiger partial charge in [-0.15, -0.1) is 0 Å². The van der Waals surface area contributed by atoms with Gasteiger partial charge in [0.2, 0.25) is 0 Å². The number of hydrogen-bond acceptors (Lipinski definition) is 5. The number of rotatable bonds is 9. The second-order valence-corrected chi connectivity index (χ2v) is 13.9. The lowest BCUT2D eigenvalue weighted by atomic mass is 10.1. The molecule has 0 unspecified atom stereocenters. The van der Waals surface area contributed by atoms with Gasteiger partial charge in [0.15, 0.2) is 0 Å². The van der Waals surface area contributed by atoms with E-state index in [0.29, 0.717) is 19.4 Å². The minimum absolute atomic E-state index is 0.0904. The van der Waals surface area contributed by atoms with Crippen molar-refractivity contribution in [2.24, 2.45) is 0 Å². The number of ether oxygens (including phenoxy) is 2. The first-order valence-electron chi connectivity index (χ1n) is 11.6. The zero-order valence-electron chi connectivity index (χ0n) is 20.1. The number of carbonyl (C=O) groups is 1. The Morgan fingerprint density at radius 1 is 1.09 bits per heavy atom. The monoisotopic (exact) mass is 468 g/mol. The molecule has 6 heteroatoms. The summed E-state index contributed by atoms with van der Waals surface area (Å²) in [6, 6.07) is 21.1. The summed E-state index contributed by atoms with van der Waals surface area (Å²) in [4.78, 5) is 10.9. The van der Waals surface area contributed by atoms with E-state index >= 15 is 0 Å². The van der Waals surface area contributed by atoms with Crippen LogP contribution in [0.5, 0.6) is 0 Å². The summed E-state index contributed by atoms with van der Waals surface area (Å²) in [5.74, 6) is -0.314. The van der Waals surface area contributed by atoms with Crippen molar-refractivity contribution in [1.82, 2.24) is 0 Å². The van der Waals surface area contributed by atoms with Crippen molar-refractivity contribution in [3.8, 4) is 0 Å². The fourth-order valence-corrected chi connectivity index (χ4v) is 9.19. The standard InChI is InChI=1S/C27H36O5Si/c1-21(28)30-18-11-12-22-20-25(29)26(32-22)17-19-31-33(27(2,3)4,23-13-7-5-8-14-23)24-15-9-6-10-16-24/h5-16,22,25-26,29H,17-20H2,1-4H3/b12-11+/t22-,25+,26-/m0/s1. The lowest BCUT2D eigenvalue weighted by Crippen LogP contribution is -2.66. The number of aliphatic hydroxyl groups is 1. The minimum Gasteiger partial charge on any atom is -0.462 e. The zero-order chi connectivity index (χ0) is 23.9. The van der Waals surface area contributed by atoms with Crippen LogP contribution in [0.25, 0.3) is 0 Å². The number of carbonyl (C=O) groups excluding carboxylic acids is 1. The predicted octanol–water partition coefficient (Wildman–Crippen LogP) is 3.59. The highest BCUT2D eigenvalue weighted by atomic mass is 28.4. The van der Waals surface area contributed by atoms with Crippen LogP contribution >= 0.6 is 0 Å². The fraction of sp³-hybridized carbons (Fsp3) is 0.444. The van der Waals surface area contributed by atoms with E-state index in [9.17, 15) is 9.90 Å². The third-order valence-electron chi connectivity index (χ3n) is 6.12. The predicted molar refractivity (Wildman–Crippen MR) is 133 cm³/mol. The molecule has 1 aliphatic rings. The average molecular weight is 469 g/mol. The maximum atomic E-state index is 10.9. The Balaban J connectivity index is 1.73. The highest BCUT2D eigenvalue weighted by molar-refractivity contribution is 6.99. The van der Waals surface area contributed by atoms with E-state index in [1.165, 1.54) is 17.3 Å². The van der Waals surface area contributed by atoms with E-state index in [4.69, 9.17) is 13.9 Å². The summed E-state index contributed by atoms with van der Waals surface area (Å²) >= 11 is 0. The van der Waals surface area contributed by atoms with Crippen molar-refractivity contribution in [3.05, 3.63) is 72.8 Å². The Morgan fingerprint density at radius 3 is 2.18 bits per heavy atom. The first-order chi connectivity index (χ1) is 15.7. The number of hydrogen-bond donors (Lipinski definition) is 1. The molecule has 2 aromatic carbocycles. The number of benzene rings is 2. The van der Waals surface area contributed by atoms with Crippen LogP contribution in [0.3, 0.4) is 0 Å². The summed E-state index contributed by atoms with van der Waals surface area (Å²) in [5.41, 5.74) is 0. The van der Waals surface area contributed by atoms with Gasteiger partial charge in [-0.2, -0.15) is 0 Å². The summed E-state index contributed by atoms with van der Waals surface area (Å²) in [5, 5.41) is 12.9. The first kappa shape index (κ1) is 25.4. The zero-order valence-corrected chi connectivity index (χ0v) is 21.1. The molecule has 178 valence electrons. The highest BCUT2D eigenvalue weighted by Crippen LogP contribution is 2.37. The molecule has 3 rings (SSSR count). The lowest BCUT2D eigenvalue weighted by molar-refractivity contribution is -0.139. The van der Waals surface area contributed by atoms with E-state index in [2.05, 4.69) is 69.3 Å². The highest BCUT2D eigenvalue weighted by Gasteiger charge is 2.50. The van der Waals surface area contributed by atoms with Crippen LogP contribution in [0, 0.1) is 0 Å². The topological polar surface area (TPSA) is 65.0 Å². The van der Waals surface area contributed by atoms with Crippen LogP contribution in [0.4, 0.5) is 0 Å². The van der Waals surface area contributed by atoms with Crippen molar-refractivity contribution in [2.75, 3.05) is 13.2 Å². The van der Waals surface area contributed by atoms with E-state index in [-0.39, 0.29) is 29.8 Å². The second kappa shape index (κ2) is 11.2. The lowest BCUT2D eigenvalue weighted by Gasteiger charge is -2.43. The molecule has 1 saturated heterocycles. The Morgan fingerprint density at radius 2 is 1.67 bits per heavy atom. The quantitative estimate of drug-likeness (QED) is 0.346. The molecule has 0 aromatic heterocycles. The van der Waals surface area contributed by atoms with Crippen LogP contribution < -0.4 is 10.4 Å². The van der Waals surface area contributed by atoms with E-state index in [1.807, 2.05) is 18.2 Å². The molecule has 1 fully saturated rings. The van der Waals surface area contributed by atoms with Gasteiger partial charge >= 0.3 is 5.97 Å². The molecule has 3 atom stereocenters. The largest absolute Gasteiger partial charge is 0.462 e. The Bertz CT molecular complexity index is 868. The average Bonchev–Trinajstić information content (AvgIpc) is 3.14. The molecule has 0 spiro atoms. The normalized spacial score (nSPS) is 21.4. The summed E-state index contributed by atoms with van der Waals surface area (Å²) in [6.07, 6.45) is 3.74. The van der Waals surface area contributed by atoms with Crippen LogP contribution in [-0.4, -0.2) is 50.9 Å². The second-order valence-electron chi connectivity index (χ2n) is 9.55.